The molecule has 86 valence electrons. The number of carbonyl (C=O) groups is 1. The van der Waals surface area contributed by atoms with Crippen LogP contribution in [0, 0.1) is 0 Å². The van der Waals surface area contributed by atoms with Gasteiger partial charge in [0.05, 0.1) is 25.4 Å². The minimum atomic E-state index is -0.283. The highest BCUT2D eigenvalue weighted by Crippen LogP contribution is 2.20. The fourth-order valence-electron chi connectivity index (χ4n) is 1.67. The van der Waals surface area contributed by atoms with Crippen molar-refractivity contribution < 1.29 is 14.3 Å². The molecule has 1 N–H and O–H groups in total. The molecule has 1 aromatic rings. The number of fused-ring (bicyclic) bond motifs is 1. The predicted molar refractivity (Wildman–Crippen MR) is 60.5 cm³/mol. The molecular weight excluding hydrogens is 206 g/mol. The Balaban J connectivity index is 2.23. The molecule has 0 saturated heterocycles. The first-order valence-corrected chi connectivity index (χ1v) is 5.43. The van der Waals surface area contributed by atoms with Gasteiger partial charge in [0.1, 0.15) is 0 Å². The van der Waals surface area contributed by atoms with Crippen LogP contribution in [0.4, 0.5) is 5.69 Å². The van der Waals surface area contributed by atoms with E-state index in [0.717, 1.165) is 17.8 Å². The molecule has 0 bridgehead atoms. The lowest BCUT2D eigenvalue weighted by molar-refractivity contribution is 0.0526. The SMILES string of the molecule is CCOC(=O)c1ccc2c(c1)COCCN2. The topological polar surface area (TPSA) is 47.6 Å². The van der Waals surface area contributed by atoms with Crippen molar-refractivity contribution in [1.82, 2.24) is 0 Å². The number of carbonyl (C=O) groups excluding carboxylic acids is 1. The Bertz CT molecular complexity index is 390. The molecule has 0 fully saturated rings. The number of rotatable bonds is 2. The molecule has 1 aliphatic rings. The van der Waals surface area contributed by atoms with E-state index in [0.29, 0.717) is 25.4 Å². The summed E-state index contributed by atoms with van der Waals surface area (Å²) in [5.41, 5.74) is 2.61. The molecule has 1 heterocycles. The fourth-order valence-corrected chi connectivity index (χ4v) is 1.67. The van der Waals surface area contributed by atoms with E-state index < -0.39 is 0 Å². The summed E-state index contributed by atoms with van der Waals surface area (Å²) in [5.74, 6) is -0.283. The van der Waals surface area contributed by atoms with E-state index in [-0.39, 0.29) is 5.97 Å². The number of hydrogen-bond donors (Lipinski definition) is 1. The molecule has 1 aliphatic heterocycles. The number of esters is 1. The number of benzene rings is 1. The van der Waals surface area contributed by atoms with E-state index in [4.69, 9.17) is 9.47 Å². The summed E-state index contributed by atoms with van der Waals surface area (Å²) < 4.78 is 10.4. The highest BCUT2D eigenvalue weighted by Gasteiger charge is 2.12. The summed E-state index contributed by atoms with van der Waals surface area (Å²) >= 11 is 0. The van der Waals surface area contributed by atoms with Crippen LogP contribution in [0.3, 0.4) is 0 Å². The van der Waals surface area contributed by atoms with Gasteiger partial charge in [-0.1, -0.05) is 0 Å². The zero-order valence-corrected chi connectivity index (χ0v) is 9.29. The summed E-state index contributed by atoms with van der Waals surface area (Å²) in [6.07, 6.45) is 0. The Morgan fingerprint density at radius 1 is 1.56 bits per heavy atom. The van der Waals surface area contributed by atoms with Gasteiger partial charge >= 0.3 is 5.97 Å². The number of hydrogen-bond acceptors (Lipinski definition) is 4. The molecule has 0 atom stereocenters. The molecule has 0 radical (unpaired) electrons. The third kappa shape index (κ3) is 2.33. The molecule has 16 heavy (non-hydrogen) atoms. The van der Waals surface area contributed by atoms with Crippen molar-refractivity contribution >= 4 is 11.7 Å². The fraction of sp³-hybridized carbons (Fsp3) is 0.417. The van der Waals surface area contributed by atoms with Crippen molar-refractivity contribution in [3.05, 3.63) is 29.3 Å². The molecule has 0 spiro atoms. The second-order valence-electron chi connectivity index (χ2n) is 3.57. The van der Waals surface area contributed by atoms with E-state index in [2.05, 4.69) is 5.32 Å². The monoisotopic (exact) mass is 221 g/mol. The highest BCUT2D eigenvalue weighted by atomic mass is 16.5. The van der Waals surface area contributed by atoms with E-state index in [1.807, 2.05) is 12.1 Å². The Morgan fingerprint density at radius 3 is 3.25 bits per heavy atom. The van der Waals surface area contributed by atoms with Gasteiger partial charge < -0.3 is 14.8 Å². The predicted octanol–water partition coefficient (Wildman–Crippen LogP) is 1.81. The van der Waals surface area contributed by atoms with Gasteiger partial charge in [-0.25, -0.2) is 4.79 Å². The van der Waals surface area contributed by atoms with Gasteiger partial charge in [0.25, 0.3) is 0 Å². The van der Waals surface area contributed by atoms with Crippen LogP contribution in [-0.2, 0) is 16.1 Å². The van der Waals surface area contributed by atoms with Gasteiger partial charge in [-0.05, 0) is 25.1 Å². The van der Waals surface area contributed by atoms with Crippen molar-refractivity contribution in [2.75, 3.05) is 25.1 Å². The van der Waals surface area contributed by atoms with Gasteiger partial charge in [0.15, 0.2) is 0 Å². The second-order valence-corrected chi connectivity index (χ2v) is 3.57. The summed E-state index contributed by atoms with van der Waals surface area (Å²) in [5, 5.41) is 3.25. The molecule has 0 aromatic heterocycles. The molecule has 0 amide bonds. The Hall–Kier alpha value is -1.55. The van der Waals surface area contributed by atoms with E-state index in [1.54, 1.807) is 13.0 Å². The number of ether oxygens (including phenoxy) is 2. The van der Waals surface area contributed by atoms with E-state index in [1.165, 1.54) is 0 Å². The normalized spacial score (nSPS) is 14.6. The van der Waals surface area contributed by atoms with Crippen LogP contribution in [-0.4, -0.2) is 25.7 Å². The maximum atomic E-state index is 11.5. The lowest BCUT2D eigenvalue weighted by Crippen LogP contribution is -2.06. The first kappa shape index (κ1) is 11.0. The van der Waals surface area contributed by atoms with Crippen LogP contribution >= 0.6 is 0 Å². The third-order valence-electron chi connectivity index (χ3n) is 2.44. The second kappa shape index (κ2) is 4.99. The number of anilines is 1. The van der Waals surface area contributed by atoms with Crippen molar-refractivity contribution in [3.63, 3.8) is 0 Å². The largest absolute Gasteiger partial charge is 0.462 e. The summed E-state index contributed by atoms with van der Waals surface area (Å²) in [4.78, 5) is 11.5. The van der Waals surface area contributed by atoms with Gasteiger partial charge in [-0.2, -0.15) is 0 Å². The summed E-state index contributed by atoms with van der Waals surface area (Å²) in [6.45, 7) is 4.21. The maximum absolute atomic E-state index is 11.5. The molecule has 2 rings (SSSR count). The van der Waals surface area contributed by atoms with E-state index in [9.17, 15) is 4.79 Å². The number of nitrogens with one attached hydrogen (secondary N) is 1. The average molecular weight is 221 g/mol. The van der Waals surface area contributed by atoms with Gasteiger partial charge in [0, 0.05) is 17.8 Å². The zero-order valence-electron chi connectivity index (χ0n) is 9.29. The standard InChI is InChI=1S/C12H15NO3/c1-2-16-12(14)9-3-4-11-10(7-9)8-15-6-5-13-11/h3-4,7,13H,2,5-6,8H2,1H3. The Labute approximate surface area is 94.6 Å². The zero-order chi connectivity index (χ0) is 11.4. The van der Waals surface area contributed by atoms with Crippen molar-refractivity contribution in [2.24, 2.45) is 0 Å². The van der Waals surface area contributed by atoms with Crippen LogP contribution in [0.1, 0.15) is 22.8 Å². The average Bonchev–Trinajstić information content (AvgIpc) is 2.53. The first-order valence-electron chi connectivity index (χ1n) is 5.43. The third-order valence-corrected chi connectivity index (χ3v) is 2.44. The van der Waals surface area contributed by atoms with Crippen molar-refractivity contribution in [3.8, 4) is 0 Å². The Morgan fingerprint density at radius 2 is 2.44 bits per heavy atom. The van der Waals surface area contributed by atoms with Crippen LogP contribution < -0.4 is 5.32 Å². The molecule has 4 nitrogen and oxygen atoms in total. The molecule has 0 saturated carbocycles. The summed E-state index contributed by atoms with van der Waals surface area (Å²) in [6, 6.07) is 5.50. The smallest absolute Gasteiger partial charge is 0.338 e. The van der Waals surface area contributed by atoms with Crippen molar-refractivity contribution in [2.45, 2.75) is 13.5 Å². The molecule has 1 aromatic carbocycles. The molecule has 0 aliphatic carbocycles. The molecular formula is C12H15NO3. The van der Waals surface area contributed by atoms with Crippen LogP contribution in [0.2, 0.25) is 0 Å². The van der Waals surface area contributed by atoms with E-state index >= 15 is 0 Å². The minimum Gasteiger partial charge on any atom is -0.462 e. The van der Waals surface area contributed by atoms with Gasteiger partial charge in [-0.15, -0.1) is 0 Å². The van der Waals surface area contributed by atoms with Crippen LogP contribution in [0.25, 0.3) is 0 Å². The Kier molecular flexibility index (Phi) is 3.41. The minimum absolute atomic E-state index is 0.283. The summed E-state index contributed by atoms with van der Waals surface area (Å²) in [7, 11) is 0. The lowest BCUT2D eigenvalue weighted by Gasteiger charge is -2.08. The molecule has 4 heteroatoms. The van der Waals surface area contributed by atoms with Gasteiger partial charge in [-0.3, -0.25) is 0 Å². The first-order chi connectivity index (χ1) is 7.81. The lowest BCUT2D eigenvalue weighted by atomic mass is 10.1. The molecule has 0 unspecified atom stereocenters. The van der Waals surface area contributed by atoms with Crippen LogP contribution in [0.15, 0.2) is 18.2 Å². The highest BCUT2D eigenvalue weighted by molar-refractivity contribution is 5.90. The quantitative estimate of drug-likeness (QED) is 0.774. The van der Waals surface area contributed by atoms with Crippen LogP contribution in [0.5, 0.6) is 0 Å². The van der Waals surface area contributed by atoms with Crippen molar-refractivity contribution in [1.29, 1.82) is 0 Å². The maximum Gasteiger partial charge on any atom is 0.338 e. The van der Waals surface area contributed by atoms with Gasteiger partial charge in [0.2, 0.25) is 0 Å².